The van der Waals surface area contributed by atoms with Crippen LogP contribution in [0.3, 0.4) is 0 Å². The quantitative estimate of drug-likeness (QED) is 0.551. The maximum Gasteiger partial charge on any atom is 0.233 e. The largest absolute Gasteiger partial charge is 0.360 e. The van der Waals surface area contributed by atoms with E-state index in [1.165, 1.54) is 31.0 Å². The van der Waals surface area contributed by atoms with Gasteiger partial charge in [0.15, 0.2) is 11.0 Å². The predicted octanol–water partition coefficient (Wildman–Crippen LogP) is 4.94. The second kappa shape index (κ2) is 8.10. The first-order valence-electron chi connectivity index (χ1n) is 11.1. The average molecular weight is 424 g/mol. The molecule has 7 heteroatoms. The van der Waals surface area contributed by atoms with E-state index in [0.29, 0.717) is 18.0 Å². The molecule has 30 heavy (non-hydrogen) atoms. The predicted molar refractivity (Wildman–Crippen MR) is 120 cm³/mol. The summed E-state index contributed by atoms with van der Waals surface area (Å²) in [6, 6.07) is 9.00. The normalized spacial score (nSPS) is 22.9. The van der Waals surface area contributed by atoms with Crippen LogP contribution in [0.5, 0.6) is 0 Å². The summed E-state index contributed by atoms with van der Waals surface area (Å²) >= 11 is 1.53. The van der Waals surface area contributed by atoms with Gasteiger partial charge in [-0.3, -0.25) is 9.36 Å². The Hall–Kier alpha value is -2.28. The average Bonchev–Trinajstić information content (AvgIpc) is 3.37. The molecule has 0 radical (unpaired) electrons. The van der Waals surface area contributed by atoms with E-state index in [1.807, 2.05) is 25.3 Å². The zero-order valence-electron chi connectivity index (χ0n) is 17.6. The van der Waals surface area contributed by atoms with Crippen LogP contribution in [-0.2, 0) is 4.79 Å². The molecule has 1 aromatic carbocycles. The van der Waals surface area contributed by atoms with E-state index < -0.39 is 0 Å². The highest BCUT2D eigenvalue weighted by molar-refractivity contribution is 8.00. The number of carbonyl (C=O) groups is 1. The summed E-state index contributed by atoms with van der Waals surface area (Å²) in [7, 11) is 0. The summed E-state index contributed by atoms with van der Waals surface area (Å²) in [5, 5.41) is 14.1. The first kappa shape index (κ1) is 19.7. The number of hydrogen-bond acceptors (Lipinski definition) is 4. The van der Waals surface area contributed by atoms with Crippen molar-refractivity contribution in [1.29, 1.82) is 0 Å². The molecule has 2 saturated carbocycles. The Morgan fingerprint density at radius 2 is 2.00 bits per heavy atom. The van der Waals surface area contributed by atoms with Crippen LogP contribution in [0.1, 0.15) is 58.4 Å². The number of nitrogens with zero attached hydrogens (tertiary/aromatic N) is 3. The first-order chi connectivity index (χ1) is 14.6. The fourth-order valence-electron chi connectivity index (χ4n) is 4.50. The van der Waals surface area contributed by atoms with Gasteiger partial charge in [-0.15, -0.1) is 10.2 Å². The van der Waals surface area contributed by atoms with E-state index in [9.17, 15) is 4.79 Å². The zero-order chi connectivity index (χ0) is 20.7. The van der Waals surface area contributed by atoms with Gasteiger partial charge in [-0.25, -0.2) is 0 Å². The summed E-state index contributed by atoms with van der Waals surface area (Å²) < 4.78 is 2.24. The Balaban J connectivity index is 1.37. The summed E-state index contributed by atoms with van der Waals surface area (Å²) in [4.78, 5) is 16.2. The number of rotatable bonds is 6. The highest BCUT2D eigenvalue weighted by Crippen LogP contribution is 2.42. The molecule has 3 atom stereocenters. The standard InChI is InChI=1S/C23H29N5OS/c1-14-7-3-5-9-19(14)25-22(29)15(2)30-23-27-26-21(28(23)16-11-12-16)18-13-24-20-10-6-4-8-17(18)20/h4,6,8,10,13-16,19,24H,3,5,7,9,11-12H2,1-2H3,(H,25,29)/t14-,15-,19+/m1/s1. The number of nitrogens with one attached hydrogen (secondary N) is 2. The lowest BCUT2D eigenvalue weighted by atomic mass is 9.86. The molecule has 3 aromatic rings. The Labute approximate surface area is 181 Å². The van der Waals surface area contributed by atoms with Crippen LogP contribution >= 0.6 is 11.8 Å². The lowest BCUT2D eigenvalue weighted by Crippen LogP contribution is -2.44. The molecule has 2 heterocycles. The Bertz CT molecular complexity index is 1050. The van der Waals surface area contributed by atoms with Crippen LogP contribution in [0.2, 0.25) is 0 Å². The summed E-state index contributed by atoms with van der Waals surface area (Å²) in [5.74, 6) is 1.56. The third kappa shape index (κ3) is 3.75. The second-order valence-corrected chi connectivity index (χ2v) is 10.1. The fraction of sp³-hybridized carbons (Fsp3) is 0.522. The lowest BCUT2D eigenvalue weighted by molar-refractivity contribution is -0.121. The first-order valence-corrected chi connectivity index (χ1v) is 12.0. The number of fused-ring (bicyclic) bond motifs is 1. The van der Waals surface area contributed by atoms with E-state index >= 15 is 0 Å². The third-order valence-electron chi connectivity index (χ3n) is 6.50. The van der Waals surface area contributed by atoms with Crippen molar-refractivity contribution in [3.05, 3.63) is 30.5 Å². The van der Waals surface area contributed by atoms with Crippen molar-refractivity contribution in [2.45, 2.75) is 74.9 Å². The maximum absolute atomic E-state index is 12.9. The number of aromatic amines is 1. The molecule has 2 aliphatic rings. The Morgan fingerprint density at radius 1 is 1.20 bits per heavy atom. The molecule has 2 aromatic heterocycles. The van der Waals surface area contributed by atoms with Gasteiger partial charge in [0.1, 0.15) is 0 Å². The Kier molecular flexibility index (Phi) is 5.31. The van der Waals surface area contributed by atoms with Crippen molar-refractivity contribution in [3.63, 3.8) is 0 Å². The van der Waals surface area contributed by atoms with Crippen LogP contribution in [-0.4, -0.2) is 36.9 Å². The van der Waals surface area contributed by atoms with Gasteiger partial charge in [0.25, 0.3) is 0 Å². The molecule has 5 rings (SSSR count). The molecular weight excluding hydrogens is 394 g/mol. The number of thioether (sulfide) groups is 1. The van der Waals surface area contributed by atoms with Crippen LogP contribution in [0, 0.1) is 5.92 Å². The van der Waals surface area contributed by atoms with Gasteiger partial charge in [-0.05, 0) is 44.6 Å². The maximum atomic E-state index is 12.9. The van der Waals surface area contributed by atoms with E-state index in [-0.39, 0.29) is 11.2 Å². The fourth-order valence-corrected chi connectivity index (χ4v) is 5.43. The number of benzene rings is 1. The number of para-hydroxylation sites is 1. The van der Waals surface area contributed by atoms with Crippen molar-refractivity contribution < 1.29 is 4.79 Å². The minimum absolute atomic E-state index is 0.109. The molecule has 6 nitrogen and oxygen atoms in total. The van der Waals surface area contributed by atoms with Crippen molar-refractivity contribution >= 4 is 28.6 Å². The second-order valence-electron chi connectivity index (χ2n) is 8.79. The summed E-state index contributed by atoms with van der Waals surface area (Å²) in [6.45, 7) is 4.23. The highest BCUT2D eigenvalue weighted by Gasteiger charge is 2.33. The topological polar surface area (TPSA) is 75.6 Å². The highest BCUT2D eigenvalue weighted by atomic mass is 32.2. The number of carbonyl (C=O) groups excluding carboxylic acids is 1. The summed E-state index contributed by atoms with van der Waals surface area (Å²) in [5.41, 5.74) is 2.17. The lowest BCUT2D eigenvalue weighted by Gasteiger charge is -2.30. The summed E-state index contributed by atoms with van der Waals surface area (Å²) in [6.07, 6.45) is 9.08. The third-order valence-corrected chi connectivity index (χ3v) is 7.55. The van der Waals surface area contributed by atoms with E-state index in [1.54, 1.807) is 0 Å². The molecular formula is C23H29N5OS. The van der Waals surface area contributed by atoms with Gasteiger partial charge < -0.3 is 10.3 Å². The van der Waals surface area contributed by atoms with Crippen LogP contribution < -0.4 is 5.32 Å². The van der Waals surface area contributed by atoms with Crippen LogP contribution in [0.15, 0.2) is 35.6 Å². The molecule has 2 fully saturated rings. The molecule has 0 spiro atoms. The monoisotopic (exact) mass is 423 g/mol. The number of amides is 1. The molecule has 0 bridgehead atoms. The molecule has 158 valence electrons. The minimum Gasteiger partial charge on any atom is -0.360 e. The molecule has 0 saturated heterocycles. The van der Waals surface area contributed by atoms with Gasteiger partial charge in [0.2, 0.25) is 5.91 Å². The zero-order valence-corrected chi connectivity index (χ0v) is 18.4. The van der Waals surface area contributed by atoms with Crippen molar-refractivity contribution in [2.24, 2.45) is 5.92 Å². The van der Waals surface area contributed by atoms with Crippen molar-refractivity contribution in [1.82, 2.24) is 25.1 Å². The molecule has 0 unspecified atom stereocenters. The molecule has 2 aliphatic carbocycles. The molecule has 1 amide bonds. The van der Waals surface area contributed by atoms with E-state index in [0.717, 1.165) is 46.7 Å². The molecule has 2 N–H and O–H groups in total. The van der Waals surface area contributed by atoms with Gasteiger partial charge in [-0.2, -0.15) is 0 Å². The van der Waals surface area contributed by atoms with Crippen molar-refractivity contribution in [3.8, 4) is 11.4 Å². The number of H-pyrrole nitrogens is 1. The smallest absolute Gasteiger partial charge is 0.233 e. The number of hydrogen-bond donors (Lipinski definition) is 2. The van der Waals surface area contributed by atoms with E-state index in [4.69, 9.17) is 0 Å². The van der Waals surface area contributed by atoms with Crippen molar-refractivity contribution in [2.75, 3.05) is 0 Å². The number of aromatic nitrogens is 4. The Morgan fingerprint density at radius 3 is 2.80 bits per heavy atom. The van der Waals surface area contributed by atoms with Crippen LogP contribution in [0.25, 0.3) is 22.3 Å². The van der Waals surface area contributed by atoms with Gasteiger partial charge in [0.05, 0.1) is 5.25 Å². The van der Waals surface area contributed by atoms with Gasteiger partial charge >= 0.3 is 0 Å². The van der Waals surface area contributed by atoms with E-state index in [2.05, 4.69) is 44.1 Å². The molecule has 0 aliphatic heterocycles. The minimum atomic E-state index is -0.198. The van der Waals surface area contributed by atoms with Gasteiger partial charge in [0, 0.05) is 34.7 Å². The van der Waals surface area contributed by atoms with Crippen LogP contribution in [0.4, 0.5) is 0 Å². The SMILES string of the molecule is C[C@@H]1CCCC[C@@H]1NC(=O)[C@@H](C)Sc1nnc(-c2c[nH]c3ccccc23)n1C1CC1. The van der Waals surface area contributed by atoms with Gasteiger partial charge in [-0.1, -0.05) is 49.7 Å².